The topological polar surface area (TPSA) is 38.3 Å². The monoisotopic (exact) mass is 385 g/mol. The number of hydrogen-bond donors (Lipinski definition) is 1. The molecule has 3 nitrogen and oxygen atoms in total. The minimum atomic E-state index is -4.49. The van der Waals surface area contributed by atoms with Gasteiger partial charge in [-0.25, -0.2) is 0 Å². The highest BCUT2D eigenvalue weighted by molar-refractivity contribution is 6.33. The molecule has 1 amide bonds. The normalized spacial score (nSPS) is 12.0. The average molecular weight is 386 g/mol. The van der Waals surface area contributed by atoms with Crippen LogP contribution < -0.4 is 10.1 Å². The Morgan fingerprint density at radius 3 is 2.12 bits per heavy atom. The van der Waals surface area contributed by atoms with Crippen molar-refractivity contribution in [1.29, 1.82) is 0 Å². The molecule has 0 radical (unpaired) electrons. The Morgan fingerprint density at radius 2 is 1.62 bits per heavy atom. The quantitative estimate of drug-likeness (QED) is 0.736. The predicted octanol–water partition coefficient (Wildman–Crippen LogP) is 5.67. The second kappa shape index (κ2) is 7.58. The third kappa shape index (κ3) is 5.39. The summed E-state index contributed by atoms with van der Waals surface area (Å²) in [6.45, 7) is 5.98. The minimum Gasteiger partial charge on any atom is -0.484 e. The Labute approximate surface area is 155 Å². The van der Waals surface area contributed by atoms with Gasteiger partial charge in [-0.05, 0) is 41.3 Å². The number of nitrogens with one attached hydrogen (secondary N) is 1. The summed E-state index contributed by atoms with van der Waals surface area (Å²) in [6.07, 6.45) is -4.49. The van der Waals surface area contributed by atoms with Crippen LogP contribution >= 0.6 is 11.6 Å². The molecule has 0 bridgehead atoms. The Morgan fingerprint density at radius 1 is 1.04 bits per heavy atom. The molecule has 26 heavy (non-hydrogen) atoms. The van der Waals surface area contributed by atoms with Crippen molar-refractivity contribution in [2.45, 2.75) is 32.4 Å². The van der Waals surface area contributed by atoms with Crippen LogP contribution in [0.5, 0.6) is 5.75 Å². The summed E-state index contributed by atoms with van der Waals surface area (Å²) in [6, 6.07) is 10.1. The first-order valence-electron chi connectivity index (χ1n) is 7.87. The van der Waals surface area contributed by atoms with Gasteiger partial charge in [-0.3, -0.25) is 4.79 Å². The Hall–Kier alpha value is -2.21. The molecule has 140 valence electrons. The summed E-state index contributed by atoms with van der Waals surface area (Å²) >= 11 is 5.80. The van der Waals surface area contributed by atoms with Gasteiger partial charge in [-0.15, -0.1) is 0 Å². The Bertz CT molecular complexity index is 781. The molecule has 0 aliphatic heterocycles. The maximum atomic E-state index is 12.6. The van der Waals surface area contributed by atoms with Gasteiger partial charge in [0.1, 0.15) is 5.75 Å². The van der Waals surface area contributed by atoms with Gasteiger partial charge < -0.3 is 10.1 Å². The molecule has 0 saturated heterocycles. The fourth-order valence-corrected chi connectivity index (χ4v) is 2.41. The third-order valence-corrected chi connectivity index (χ3v) is 3.97. The molecular formula is C19H19ClF3NO2. The molecule has 0 fully saturated rings. The van der Waals surface area contributed by atoms with E-state index in [0.29, 0.717) is 5.75 Å². The van der Waals surface area contributed by atoms with Crippen LogP contribution in [-0.4, -0.2) is 12.5 Å². The van der Waals surface area contributed by atoms with Gasteiger partial charge >= 0.3 is 6.18 Å². The van der Waals surface area contributed by atoms with Crippen molar-refractivity contribution in [3.05, 3.63) is 58.6 Å². The fraction of sp³-hybridized carbons (Fsp3) is 0.316. The molecule has 2 aromatic carbocycles. The van der Waals surface area contributed by atoms with Crippen LogP contribution in [-0.2, 0) is 16.4 Å². The van der Waals surface area contributed by atoms with Crippen molar-refractivity contribution in [2.75, 3.05) is 11.9 Å². The van der Waals surface area contributed by atoms with E-state index in [9.17, 15) is 18.0 Å². The number of ether oxygens (including phenoxy) is 1. The highest BCUT2D eigenvalue weighted by atomic mass is 35.5. The summed E-state index contributed by atoms with van der Waals surface area (Å²) in [7, 11) is 0. The lowest BCUT2D eigenvalue weighted by Crippen LogP contribution is -2.20. The van der Waals surface area contributed by atoms with Gasteiger partial charge in [0.05, 0.1) is 16.3 Å². The number of amides is 1. The van der Waals surface area contributed by atoms with Crippen LogP contribution in [0.3, 0.4) is 0 Å². The van der Waals surface area contributed by atoms with Gasteiger partial charge in [0, 0.05) is 0 Å². The maximum absolute atomic E-state index is 12.6. The van der Waals surface area contributed by atoms with Crippen molar-refractivity contribution < 1.29 is 22.7 Å². The lowest BCUT2D eigenvalue weighted by Gasteiger charge is -2.19. The smallest absolute Gasteiger partial charge is 0.416 e. The van der Waals surface area contributed by atoms with Crippen molar-refractivity contribution in [1.82, 2.24) is 0 Å². The molecule has 0 aliphatic rings. The first-order chi connectivity index (χ1) is 12.0. The Kier molecular flexibility index (Phi) is 5.86. The largest absolute Gasteiger partial charge is 0.484 e. The van der Waals surface area contributed by atoms with Crippen molar-refractivity contribution in [2.24, 2.45) is 0 Å². The van der Waals surface area contributed by atoms with E-state index in [1.165, 1.54) is 0 Å². The number of alkyl halides is 3. The number of hydrogen-bond acceptors (Lipinski definition) is 2. The fourth-order valence-electron chi connectivity index (χ4n) is 2.18. The van der Waals surface area contributed by atoms with Crippen LogP contribution in [0.2, 0.25) is 5.02 Å². The van der Waals surface area contributed by atoms with E-state index in [1.807, 2.05) is 12.1 Å². The molecule has 0 aliphatic carbocycles. The number of carbonyl (C=O) groups is 1. The molecule has 7 heteroatoms. The summed E-state index contributed by atoms with van der Waals surface area (Å²) in [5.74, 6) is -0.00165. The van der Waals surface area contributed by atoms with Gasteiger partial charge in [0.15, 0.2) is 6.61 Å². The van der Waals surface area contributed by atoms with Crippen molar-refractivity contribution >= 4 is 23.2 Å². The summed E-state index contributed by atoms with van der Waals surface area (Å²) in [4.78, 5) is 11.9. The van der Waals surface area contributed by atoms with E-state index >= 15 is 0 Å². The zero-order valence-electron chi connectivity index (χ0n) is 14.6. The highest BCUT2D eigenvalue weighted by Crippen LogP contribution is 2.33. The summed E-state index contributed by atoms with van der Waals surface area (Å²) < 4.78 is 43.2. The standard InChI is InChI=1S/C19H19ClF3NO2/c1-18(2,3)12-4-7-14(8-5-12)26-11-17(25)24-16-9-6-13(10-15(16)20)19(21,22)23/h4-10H,11H2,1-3H3,(H,24,25). The third-order valence-electron chi connectivity index (χ3n) is 3.66. The maximum Gasteiger partial charge on any atom is 0.416 e. The van der Waals surface area contributed by atoms with Crippen molar-refractivity contribution in [3.63, 3.8) is 0 Å². The Balaban J connectivity index is 1.95. The first-order valence-corrected chi connectivity index (χ1v) is 8.24. The van der Waals surface area contributed by atoms with Gasteiger partial charge in [0.25, 0.3) is 5.91 Å². The van der Waals surface area contributed by atoms with Gasteiger partial charge in [0.2, 0.25) is 0 Å². The van der Waals surface area contributed by atoms with Crippen LogP contribution in [0, 0.1) is 0 Å². The predicted molar refractivity (Wildman–Crippen MR) is 95.7 cm³/mol. The number of anilines is 1. The van der Waals surface area contributed by atoms with E-state index in [4.69, 9.17) is 16.3 Å². The molecule has 0 atom stereocenters. The van der Waals surface area contributed by atoms with Crippen LogP contribution in [0.15, 0.2) is 42.5 Å². The highest BCUT2D eigenvalue weighted by Gasteiger charge is 2.31. The second-order valence-electron chi connectivity index (χ2n) is 6.80. The molecule has 1 N–H and O–H groups in total. The number of benzene rings is 2. The van der Waals surface area contributed by atoms with E-state index in [2.05, 4.69) is 26.1 Å². The minimum absolute atomic E-state index is 0.00916. The van der Waals surface area contributed by atoms with E-state index < -0.39 is 17.6 Å². The molecule has 2 rings (SSSR count). The lowest BCUT2D eigenvalue weighted by molar-refractivity contribution is -0.137. The molecule has 0 aromatic heterocycles. The van der Waals surface area contributed by atoms with Gasteiger partial charge in [-0.1, -0.05) is 44.5 Å². The van der Waals surface area contributed by atoms with Gasteiger partial charge in [-0.2, -0.15) is 13.2 Å². The number of carbonyl (C=O) groups excluding carboxylic acids is 1. The molecule has 0 heterocycles. The second-order valence-corrected chi connectivity index (χ2v) is 7.21. The van der Waals surface area contributed by atoms with E-state index in [-0.39, 0.29) is 22.7 Å². The molecule has 2 aromatic rings. The molecular weight excluding hydrogens is 367 g/mol. The number of halogens is 4. The average Bonchev–Trinajstić information content (AvgIpc) is 2.53. The van der Waals surface area contributed by atoms with Crippen LogP contribution in [0.1, 0.15) is 31.9 Å². The lowest BCUT2D eigenvalue weighted by atomic mass is 9.87. The van der Waals surface area contributed by atoms with Crippen LogP contribution in [0.25, 0.3) is 0 Å². The zero-order valence-corrected chi connectivity index (χ0v) is 15.3. The SMILES string of the molecule is CC(C)(C)c1ccc(OCC(=O)Nc2ccc(C(F)(F)F)cc2Cl)cc1. The zero-order chi connectivity index (χ0) is 19.5. The summed E-state index contributed by atoms with van der Waals surface area (Å²) in [5.41, 5.74) is 0.354. The number of rotatable bonds is 4. The molecule has 0 spiro atoms. The summed E-state index contributed by atoms with van der Waals surface area (Å²) in [5, 5.41) is 2.24. The van der Waals surface area contributed by atoms with Crippen LogP contribution in [0.4, 0.5) is 18.9 Å². The van der Waals surface area contributed by atoms with E-state index in [1.54, 1.807) is 12.1 Å². The first kappa shape index (κ1) is 20.1. The molecule has 0 saturated carbocycles. The molecule has 0 unspecified atom stereocenters. The van der Waals surface area contributed by atoms with Crippen molar-refractivity contribution in [3.8, 4) is 5.75 Å². The van der Waals surface area contributed by atoms with E-state index in [0.717, 1.165) is 23.8 Å².